The maximum Gasteiger partial charge on any atom is 0.161 e. The normalized spacial score (nSPS) is 25.6. The third-order valence-corrected chi connectivity index (χ3v) is 5.54. The molecule has 6 heteroatoms. The lowest BCUT2D eigenvalue weighted by atomic mass is 9.99. The summed E-state index contributed by atoms with van der Waals surface area (Å²) in [6, 6.07) is 4.36. The summed E-state index contributed by atoms with van der Waals surface area (Å²) in [5.74, 6) is -0.311. The molecule has 3 N–H and O–H groups in total. The second-order valence-electron chi connectivity index (χ2n) is 5.79. The number of nitrogens with one attached hydrogen (secondary N) is 1. The van der Waals surface area contributed by atoms with Gasteiger partial charge in [0.25, 0.3) is 0 Å². The van der Waals surface area contributed by atoms with Crippen molar-refractivity contribution in [2.75, 3.05) is 18.4 Å². The highest BCUT2D eigenvalue weighted by Gasteiger charge is 2.35. The molecular weight excluding hydrogens is 353 g/mol. The van der Waals surface area contributed by atoms with Crippen LogP contribution in [0.25, 0.3) is 0 Å². The molecule has 3 nitrogen and oxygen atoms in total. The van der Waals surface area contributed by atoms with Crippen molar-refractivity contribution < 1.29 is 4.39 Å². The minimum atomic E-state index is -0.311. The number of nitrogens with two attached hydrogens (primary N) is 1. The van der Waals surface area contributed by atoms with E-state index in [9.17, 15) is 4.39 Å². The van der Waals surface area contributed by atoms with Crippen molar-refractivity contribution in [3.05, 3.63) is 28.0 Å². The number of fused-ring (bicyclic) bond motifs is 1. The lowest BCUT2D eigenvalue weighted by Gasteiger charge is -2.33. The van der Waals surface area contributed by atoms with Crippen LogP contribution in [0.2, 0.25) is 0 Å². The van der Waals surface area contributed by atoms with Crippen molar-refractivity contribution in [2.45, 2.75) is 37.8 Å². The van der Waals surface area contributed by atoms with Gasteiger partial charge in [0.2, 0.25) is 0 Å². The Balaban J connectivity index is 1.79. The fourth-order valence-electron chi connectivity index (χ4n) is 3.47. The molecule has 3 rings (SSSR count). The Morgan fingerprint density at radius 1 is 1.33 bits per heavy atom. The third kappa shape index (κ3) is 2.94. The Labute approximate surface area is 138 Å². The van der Waals surface area contributed by atoms with Crippen LogP contribution in [0.5, 0.6) is 0 Å². The largest absolute Gasteiger partial charge is 0.389 e. The highest BCUT2D eigenvalue weighted by atomic mass is 79.9. The van der Waals surface area contributed by atoms with Crippen molar-refractivity contribution in [3.8, 4) is 0 Å². The Hall–Kier alpha value is -0.720. The highest BCUT2D eigenvalue weighted by molar-refractivity contribution is 9.10. The van der Waals surface area contributed by atoms with E-state index in [1.165, 1.54) is 25.8 Å². The van der Waals surface area contributed by atoms with Crippen LogP contribution in [0.4, 0.5) is 10.1 Å². The van der Waals surface area contributed by atoms with Gasteiger partial charge in [-0.25, -0.2) is 4.39 Å². The molecule has 0 aromatic heterocycles. The molecular formula is C15H19BrFN3S. The average molecular weight is 372 g/mol. The van der Waals surface area contributed by atoms with E-state index in [1.807, 2.05) is 0 Å². The highest BCUT2D eigenvalue weighted by Crippen LogP contribution is 2.32. The molecule has 2 atom stereocenters. The second kappa shape index (κ2) is 6.18. The van der Waals surface area contributed by atoms with Gasteiger partial charge in [-0.1, -0.05) is 18.6 Å². The van der Waals surface area contributed by atoms with Crippen LogP contribution in [-0.4, -0.2) is 35.1 Å². The molecule has 1 aromatic carbocycles. The van der Waals surface area contributed by atoms with Crippen LogP contribution in [0, 0.1) is 5.82 Å². The zero-order chi connectivity index (χ0) is 15.0. The van der Waals surface area contributed by atoms with E-state index in [0.717, 1.165) is 13.0 Å². The van der Waals surface area contributed by atoms with Gasteiger partial charge in [-0.2, -0.15) is 0 Å². The van der Waals surface area contributed by atoms with E-state index < -0.39 is 0 Å². The van der Waals surface area contributed by atoms with Crippen LogP contribution >= 0.6 is 28.1 Å². The minimum Gasteiger partial charge on any atom is -0.389 e. The zero-order valence-corrected chi connectivity index (χ0v) is 14.1. The molecule has 2 aliphatic heterocycles. The molecule has 2 aliphatic rings. The van der Waals surface area contributed by atoms with Crippen LogP contribution in [-0.2, 0) is 0 Å². The van der Waals surface area contributed by atoms with Gasteiger partial charge in [0.15, 0.2) is 5.82 Å². The van der Waals surface area contributed by atoms with Crippen molar-refractivity contribution in [1.29, 1.82) is 0 Å². The van der Waals surface area contributed by atoms with Gasteiger partial charge in [0, 0.05) is 24.2 Å². The van der Waals surface area contributed by atoms with Gasteiger partial charge in [-0.05, 0) is 53.9 Å². The first-order valence-corrected chi connectivity index (χ1v) is 8.56. The predicted octanol–water partition coefficient (Wildman–Crippen LogP) is 3.26. The Kier molecular flexibility index (Phi) is 4.47. The maximum atomic E-state index is 14.5. The molecule has 0 spiro atoms. The molecule has 0 radical (unpaired) electrons. The van der Waals surface area contributed by atoms with Crippen molar-refractivity contribution in [2.24, 2.45) is 5.73 Å². The summed E-state index contributed by atoms with van der Waals surface area (Å²) in [5, 5.41) is 3.38. The molecule has 0 amide bonds. The monoisotopic (exact) mass is 371 g/mol. The van der Waals surface area contributed by atoms with Crippen molar-refractivity contribution in [1.82, 2.24) is 4.90 Å². The van der Waals surface area contributed by atoms with E-state index >= 15 is 0 Å². The molecule has 0 bridgehead atoms. The molecule has 2 heterocycles. The number of benzene rings is 1. The van der Waals surface area contributed by atoms with Gasteiger partial charge < -0.3 is 11.1 Å². The second-order valence-corrected chi connectivity index (χ2v) is 7.02. The molecule has 21 heavy (non-hydrogen) atoms. The number of nitrogens with zero attached hydrogens (tertiary/aromatic N) is 1. The zero-order valence-electron chi connectivity index (χ0n) is 11.7. The van der Waals surface area contributed by atoms with Gasteiger partial charge >= 0.3 is 0 Å². The first-order valence-electron chi connectivity index (χ1n) is 7.36. The fraction of sp³-hybridized carbons (Fsp3) is 0.533. The minimum absolute atomic E-state index is 0.201. The SMILES string of the molecule is NC(=S)c1ccc(NC2CCN3CCCCC23)c(F)c1Br. The van der Waals surface area contributed by atoms with Crippen LogP contribution in [0.3, 0.4) is 0 Å². The topological polar surface area (TPSA) is 41.3 Å². The summed E-state index contributed by atoms with van der Waals surface area (Å²) in [6.07, 6.45) is 4.82. The molecule has 0 aliphatic carbocycles. The van der Waals surface area contributed by atoms with Gasteiger partial charge in [-0.3, -0.25) is 4.90 Å². The first-order chi connectivity index (χ1) is 10.1. The summed E-state index contributed by atoms with van der Waals surface area (Å²) < 4.78 is 14.8. The molecule has 114 valence electrons. The number of thiocarbonyl (C=S) groups is 1. The summed E-state index contributed by atoms with van der Waals surface area (Å²) in [5.41, 5.74) is 6.66. The Bertz CT molecular complexity index is 566. The van der Waals surface area contributed by atoms with E-state index in [-0.39, 0.29) is 10.8 Å². The lowest BCUT2D eigenvalue weighted by Crippen LogP contribution is -2.41. The number of hydrogen-bond donors (Lipinski definition) is 2. The molecule has 2 unspecified atom stereocenters. The van der Waals surface area contributed by atoms with Crippen molar-refractivity contribution >= 4 is 38.8 Å². The summed E-state index contributed by atoms with van der Waals surface area (Å²) >= 11 is 8.18. The standard InChI is InChI=1S/C15H19BrFN3S/c16-13-9(15(18)21)4-5-11(14(13)17)19-10-6-8-20-7-2-1-3-12(10)20/h4-5,10,12,19H,1-3,6-8H2,(H2,18,21). The van der Waals surface area contributed by atoms with E-state index in [0.29, 0.717) is 27.8 Å². The molecule has 0 saturated carbocycles. The van der Waals surface area contributed by atoms with Gasteiger partial charge in [0.05, 0.1) is 10.2 Å². The van der Waals surface area contributed by atoms with Crippen LogP contribution in [0.1, 0.15) is 31.2 Å². The predicted molar refractivity (Wildman–Crippen MR) is 91.2 cm³/mol. The number of anilines is 1. The average Bonchev–Trinajstić information content (AvgIpc) is 2.87. The molecule has 2 saturated heterocycles. The summed E-state index contributed by atoms with van der Waals surface area (Å²) in [7, 11) is 0. The number of piperidine rings is 1. The van der Waals surface area contributed by atoms with Crippen molar-refractivity contribution in [3.63, 3.8) is 0 Å². The quantitative estimate of drug-likeness (QED) is 0.800. The smallest absolute Gasteiger partial charge is 0.161 e. The maximum absolute atomic E-state index is 14.5. The van der Waals surface area contributed by atoms with Gasteiger partial charge in [0.1, 0.15) is 4.99 Å². The fourth-order valence-corrected chi connectivity index (χ4v) is 4.33. The molecule has 1 aromatic rings. The van der Waals surface area contributed by atoms with Crippen LogP contribution in [0.15, 0.2) is 16.6 Å². The Morgan fingerprint density at radius 3 is 2.90 bits per heavy atom. The number of halogens is 2. The summed E-state index contributed by atoms with van der Waals surface area (Å²) in [4.78, 5) is 2.73. The summed E-state index contributed by atoms with van der Waals surface area (Å²) in [6.45, 7) is 2.28. The lowest BCUT2D eigenvalue weighted by molar-refractivity contribution is 0.192. The van der Waals surface area contributed by atoms with E-state index in [4.69, 9.17) is 18.0 Å². The number of hydrogen-bond acceptors (Lipinski definition) is 3. The van der Waals surface area contributed by atoms with E-state index in [2.05, 4.69) is 26.1 Å². The third-order valence-electron chi connectivity index (χ3n) is 4.54. The van der Waals surface area contributed by atoms with Gasteiger partial charge in [-0.15, -0.1) is 0 Å². The van der Waals surface area contributed by atoms with Crippen LogP contribution < -0.4 is 11.1 Å². The first kappa shape index (κ1) is 15.2. The number of rotatable bonds is 3. The molecule has 2 fully saturated rings. The van der Waals surface area contributed by atoms with E-state index in [1.54, 1.807) is 12.1 Å². The Morgan fingerprint density at radius 2 is 2.14 bits per heavy atom.